The standard InChI is InChI=1S/C13H25N5O2S/c1-10-12(11(8-14)17-16-10)21(19,20)15-9-13(18(2)3)6-4-5-7-13/h15H,4-9,14H2,1-3H3,(H,16,17). The largest absolute Gasteiger partial charge is 0.325 e. The number of likely N-dealkylation sites (N-methyl/N-ethyl adjacent to an activating group) is 1. The van der Waals surface area contributed by atoms with Gasteiger partial charge in [-0.2, -0.15) is 5.10 Å². The van der Waals surface area contributed by atoms with E-state index in [1.807, 2.05) is 14.1 Å². The Labute approximate surface area is 126 Å². The van der Waals surface area contributed by atoms with Crippen LogP contribution < -0.4 is 10.5 Å². The van der Waals surface area contributed by atoms with Gasteiger partial charge >= 0.3 is 0 Å². The Morgan fingerprint density at radius 2 is 2.00 bits per heavy atom. The summed E-state index contributed by atoms with van der Waals surface area (Å²) in [4.78, 5) is 2.33. The van der Waals surface area contributed by atoms with Crippen LogP contribution in [-0.2, 0) is 16.6 Å². The number of H-pyrrole nitrogens is 1. The predicted molar refractivity (Wildman–Crippen MR) is 81.3 cm³/mol. The normalized spacial score (nSPS) is 18.5. The van der Waals surface area contributed by atoms with E-state index in [9.17, 15) is 8.42 Å². The Balaban J connectivity index is 2.20. The van der Waals surface area contributed by atoms with Crippen molar-refractivity contribution in [1.82, 2.24) is 19.8 Å². The zero-order valence-corrected chi connectivity index (χ0v) is 13.8. The molecule has 120 valence electrons. The second kappa shape index (κ2) is 6.04. The highest BCUT2D eigenvalue weighted by Crippen LogP contribution is 2.33. The topological polar surface area (TPSA) is 104 Å². The fraction of sp³-hybridized carbons (Fsp3) is 0.769. The van der Waals surface area contributed by atoms with Crippen LogP contribution in [0.25, 0.3) is 0 Å². The molecule has 8 heteroatoms. The van der Waals surface area contributed by atoms with E-state index >= 15 is 0 Å². The Morgan fingerprint density at radius 3 is 2.52 bits per heavy atom. The van der Waals surface area contributed by atoms with Crippen LogP contribution in [-0.4, -0.2) is 49.7 Å². The van der Waals surface area contributed by atoms with E-state index in [0.29, 0.717) is 17.9 Å². The van der Waals surface area contributed by atoms with Crippen molar-refractivity contribution in [2.45, 2.75) is 49.6 Å². The fourth-order valence-electron chi connectivity index (χ4n) is 3.08. The van der Waals surface area contributed by atoms with Crippen LogP contribution in [0.3, 0.4) is 0 Å². The van der Waals surface area contributed by atoms with Gasteiger partial charge in [-0.15, -0.1) is 0 Å². The zero-order valence-electron chi connectivity index (χ0n) is 12.9. The molecule has 0 atom stereocenters. The lowest BCUT2D eigenvalue weighted by molar-refractivity contribution is 0.162. The molecule has 0 amide bonds. The molecule has 0 bridgehead atoms. The summed E-state index contributed by atoms with van der Waals surface area (Å²) >= 11 is 0. The highest BCUT2D eigenvalue weighted by molar-refractivity contribution is 7.89. The van der Waals surface area contributed by atoms with Gasteiger partial charge in [0.1, 0.15) is 4.90 Å². The Morgan fingerprint density at radius 1 is 1.38 bits per heavy atom. The number of aryl methyl sites for hydroxylation is 1. The lowest BCUT2D eigenvalue weighted by Gasteiger charge is -2.36. The van der Waals surface area contributed by atoms with Crippen molar-refractivity contribution in [2.75, 3.05) is 20.6 Å². The van der Waals surface area contributed by atoms with Crippen LogP contribution in [0.1, 0.15) is 37.1 Å². The molecule has 0 aliphatic heterocycles. The van der Waals surface area contributed by atoms with E-state index in [-0.39, 0.29) is 17.0 Å². The summed E-state index contributed by atoms with van der Waals surface area (Å²) in [5.41, 5.74) is 6.38. The van der Waals surface area contributed by atoms with Gasteiger partial charge in [0.15, 0.2) is 0 Å². The quantitative estimate of drug-likeness (QED) is 0.702. The molecule has 1 aliphatic carbocycles. The first-order valence-electron chi connectivity index (χ1n) is 7.23. The number of aromatic nitrogens is 2. The van der Waals surface area contributed by atoms with Gasteiger partial charge in [-0.3, -0.25) is 5.10 Å². The number of sulfonamides is 1. The van der Waals surface area contributed by atoms with Gasteiger partial charge in [-0.1, -0.05) is 12.8 Å². The molecule has 1 heterocycles. The van der Waals surface area contributed by atoms with Crippen LogP contribution in [0.2, 0.25) is 0 Å². The van der Waals surface area contributed by atoms with Crippen molar-refractivity contribution in [2.24, 2.45) is 5.73 Å². The second-order valence-corrected chi connectivity index (χ2v) is 7.68. The maximum Gasteiger partial charge on any atom is 0.244 e. The molecule has 0 radical (unpaired) electrons. The summed E-state index contributed by atoms with van der Waals surface area (Å²) in [7, 11) is 0.416. The molecular weight excluding hydrogens is 290 g/mol. The van der Waals surface area contributed by atoms with Gasteiger partial charge < -0.3 is 10.6 Å². The van der Waals surface area contributed by atoms with Crippen LogP contribution in [0.15, 0.2) is 4.90 Å². The Kier molecular flexibility index (Phi) is 4.72. The molecule has 0 unspecified atom stereocenters. The molecule has 0 saturated heterocycles. The molecule has 1 saturated carbocycles. The minimum absolute atomic E-state index is 0.0897. The Bertz CT molecular complexity index is 588. The van der Waals surface area contributed by atoms with Crippen molar-refractivity contribution in [3.8, 4) is 0 Å². The minimum Gasteiger partial charge on any atom is -0.325 e. The minimum atomic E-state index is -3.60. The Hall–Kier alpha value is -0.960. The molecule has 1 fully saturated rings. The van der Waals surface area contributed by atoms with E-state index in [2.05, 4.69) is 19.8 Å². The van der Waals surface area contributed by atoms with Gasteiger partial charge in [-0.25, -0.2) is 13.1 Å². The van der Waals surface area contributed by atoms with E-state index in [1.54, 1.807) is 6.92 Å². The molecule has 0 aromatic carbocycles. The number of nitrogens with two attached hydrogens (primary N) is 1. The van der Waals surface area contributed by atoms with Crippen molar-refractivity contribution >= 4 is 10.0 Å². The van der Waals surface area contributed by atoms with E-state index in [0.717, 1.165) is 25.7 Å². The average molecular weight is 315 g/mol. The maximum atomic E-state index is 12.6. The summed E-state index contributed by atoms with van der Waals surface area (Å²) < 4.78 is 27.9. The smallest absolute Gasteiger partial charge is 0.244 e. The average Bonchev–Trinajstić information content (AvgIpc) is 3.03. The van der Waals surface area contributed by atoms with Crippen LogP contribution in [0.4, 0.5) is 0 Å². The summed E-state index contributed by atoms with van der Waals surface area (Å²) in [5.74, 6) is 0. The maximum absolute atomic E-state index is 12.6. The number of nitrogens with zero attached hydrogens (tertiary/aromatic N) is 2. The lowest BCUT2D eigenvalue weighted by atomic mass is 9.97. The molecule has 1 aliphatic rings. The number of aromatic amines is 1. The van der Waals surface area contributed by atoms with Gasteiger partial charge in [-0.05, 0) is 33.9 Å². The van der Waals surface area contributed by atoms with Crippen molar-refractivity contribution in [3.63, 3.8) is 0 Å². The molecule has 1 aromatic heterocycles. The van der Waals surface area contributed by atoms with E-state index in [1.165, 1.54) is 0 Å². The van der Waals surface area contributed by atoms with Crippen molar-refractivity contribution < 1.29 is 8.42 Å². The number of hydrogen-bond donors (Lipinski definition) is 3. The first kappa shape index (κ1) is 16.4. The fourth-order valence-corrected chi connectivity index (χ4v) is 4.57. The van der Waals surface area contributed by atoms with Crippen molar-refractivity contribution in [1.29, 1.82) is 0 Å². The summed E-state index contributed by atoms with van der Waals surface area (Å²) in [6, 6.07) is 0. The van der Waals surface area contributed by atoms with Crippen LogP contribution in [0.5, 0.6) is 0 Å². The summed E-state index contributed by atoms with van der Waals surface area (Å²) in [6.45, 7) is 2.20. The van der Waals surface area contributed by atoms with Crippen LogP contribution >= 0.6 is 0 Å². The molecule has 0 spiro atoms. The van der Waals surface area contributed by atoms with E-state index in [4.69, 9.17) is 5.73 Å². The lowest BCUT2D eigenvalue weighted by Crippen LogP contribution is -2.50. The van der Waals surface area contributed by atoms with Gasteiger partial charge in [0.25, 0.3) is 0 Å². The number of rotatable bonds is 6. The monoisotopic (exact) mass is 315 g/mol. The zero-order chi connectivity index (χ0) is 15.7. The molecule has 1 aromatic rings. The molecule has 2 rings (SSSR count). The predicted octanol–water partition coefficient (Wildman–Crippen LogP) is 0.330. The van der Waals surface area contributed by atoms with Gasteiger partial charge in [0, 0.05) is 18.6 Å². The molecular formula is C13H25N5O2S. The first-order chi connectivity index (χ1) is 9.82. The third-order valence-electron chi connectivity index (χ3n) is 4.50. The number of nitrogens with one attached hydrogen (secondary N) is 2. The summed E-state index contributed by atoms with van der Waals surface area (Å²) in [6.07, 6.45) is 4.30. The van der Waals surface area contributed by atoms with Crippen molar-refractivity contribution in [3.05, 3.63) is 11.4 Å². The summed E-state index contributed by atoms with van der Waals surface area (Å²) in [5, 5.41) is 6.65. The second-order valence-electron chi connectivity index (χ2n) is 5.98. The first-order valence-corrected chi connectivity index (χ1v) is 8.72. The highest BCUT2D eigenvalue weighted by atomic mass is 32.2. The third kappa shape index (κ3) is 3.13. The number of hydrogen-bond acceptors (Lipinski definition) is 5. The molecule has 7 nitrogen and oxygen atoms in total. The highest BCUT2D eigenvalue weighted by Gasteiger charge is 2.37. The van der Waals surface area contributed by atoms with Gasteiger partial charge in [0.2, 0.25) is 10.0 Å². The third-order valence-corrected chi connectivity index (χ3v) is 6.10. The van der Waals surface area contributed by atoms with E-state index < -0.39 is 10.0 Å². The van der Waals surface area contributed by atoms with Crippen LogP contribution in [0, 0.1) is 6.92 Å². The van der Waals surface area contributed by atoms with Gasteiger partial charge in [0.05, 0.1) is 11.4 Å². The molecule has 21 heavy (non-hydrogen) atoms. The SMILES string of the molecule is Cc1[nH]nc(CN)c1S(=O)(=O)NCC1(N(C)C)CCCC1. The molecule has 4 N–H and O–H groups in total.